The molecule has 3 rings (SSSR count). The molecule has 7 heteroatoms. The first kappa shape index (κ1) is 19.4. The van der Waals surface area contributed by atoms with Gasteiger partial charge in [0, 0.05) is 12.5 Å². The van der Waals surface area contributed by atoms with Gasteiger partial charge in [0.15, 0.2) is 6.61 Å². The third-order valence-electron chi connectivity index (χ3n) is 4.29. The zero-order valence-electron chi connectivity index (χ0n) is 15.8. The van der Waals surface area contributed by atoms with Gasteiger partial charge in [-0.3, -0.25) is 4.79 Å². The normalized spacial score (nSPS) is 16.3. The van der Waals surface area contributed by atoms with Crippen LogP contribution in [0.5, 0.6) is 5.75 Å². The lowest BCUT2D eigenvalue weighted by atomic mass is 10.0. The molecule has 0 saturated heterocycles. The van der Waals surface area contributed by atoms with Crippen LogP contribution in [0, 0.1) is 0 Å². The lowest BCUT2D eigenvalue weighted by Gasteiger charge is -2.19. The lowest BCUT2D eigenvalue weighted by molar-refractivity contribution is -0.149. The van der Waals surface area contributed by atoms with E-state index in [2.05, 4.69) is 5.10 Å². The Labute approximate surface area is 163 Å². The van der Waals surface area contributed by atoms with Gasteiger partial charge in [-0.1, -0.05) is 13.0 Å². The first-order valence-electron chi connectivity index (χ1n) is 9.03. The number of hydrazone groups is 1. The van der Waals surface area contributed by atoms with Crippen molar-refractivity contribution < 1.29 is 23.5 Å². The smallest absolute Gasteiger partial charge is 0.330 e. The standard InChI is InChI=1S/C21H22N2O5/c1-3-4-7-21(25)28-14-20(24)23-18(19-6-5-12-27-19)13-17(22-23)15-8-10-16(26-2)11-9-15/h4-12,18H,3,13-14H2,1-2H3/b7-4+/t18-/m0/s1. The zero-order valence-corrected chi connectivity index (χ0v) is 15.8. The van der Waals surface area contributed by atoms with Crippen molar-refractivity contribution in [2.45, 2.75) is 25.8 Å². The Balaban J connectivity index is 1.77. The van der Waals surface area contributed by atoms with Gasteiger partial charge in [-0.15, -0.1) is 0 Å². The quantitative estimate of drug-likeness (QED) is 0.541. The van der Waals surface area contributed by atoms with Crippen LogP contribution < -0.4 is 4.74 Å². The van der Waals surface area contributed by atoms with E-state index in [1.807, 2.05) is 31.2 Å². The fourth-order valence-electron chi connectivity index (χ4n) is 2.86. The van der Waals surface area contributed by atoms with Gasteiger partial charge in [-0.25, -0.2) is 9.80 Å². The summed E-state index contributed by atoms with van der Waals surface area (Å²) in [6.45, 7) is 1.52. The molecule has 2 aromatic rings. The van der Waals surface area contributed by atoms with Crippen molar-refractivity contribution in [3.05, 3.63) is 66.1 Å². The molecule has 28 heavy (non-hydrogen) atoms. The van der Waals surface area contributed by atoms with Crippen molar-refractivity contribution in [3.63, 3.8) is 0 Å². The predicted molar refractivity (Wildman–Crippen MR) is 103 cm³/mol. The Morgan fingerprint density at radius 1 is 1.29 bits per heavy atom. The van der Waals surface area contributed by atoms with E-state index in [9.17, 15) is 9.59 Å². The van der Waals surface area contributed by atoms with E-state index in [-0.39, 0.29) is 12.6 Å². The second-order valence-electron chi connectivity index (χ2n) is 6.17. The molecule has 0 N–H and O–H groups in total. The fraction of sp³-hybridized carbons (Fsp3) is 0.286. The van der Waals surface area contributed by atoms with E-state index >= 15 is 0 Å². The Hall–Kier alpha value is -3.35. The number of hydrogen-bond acceptors (Lipinski definition) is 6. The van der Waals surface area contributed by atoms with Crippen LogP contribution in [0.2, 0.25) is 0 Å². The van der Waals surface area contributed by atoms with Crippen LogP contribution in [0.15, 0.2) is 64.3 Å². The molecule has 0 radical (unpaired) electrons. The van der Waals surface area contributed by atoms with Crippen LogP contribution in [-0.2, 0) is 14.3 Å². The molecule has 0 unspecified atom stereocenters. The highest BCUT2D eigenvalue weighted by atomic mass is 16.5. The molecule has 1 atom stereocenters. The minimum absolute atomic E-state index is 0.385. The van der Waals surface area contributed by atoms with Gasteiger partial charge in [0.25, 0.3) is 5.91 Å². The number of amides is 1. The van der Waals surface area contributed by atoms with Crippen molar-refractivity contribution in [1.82, 2.24) is 5.01 Å². The summed E-state index contributed by atoms with van der Waals surface area (Å²) in [4.78, 5) is 24.3. The average molecular weight is 382 g/mol. The van der Waals surface area contributed by atoms with E-state index in [4.69, 9.17) is 13.9 Å². The Morgan fingerprint density at radius 3 is 2.71 bits per heavy atom. The third-order valence-corrected chi connectivity index (χ3v) is 4.29. The number of rotatable bonds is 7. The molecule has 0 fully saturated rings. The summed E-state index contributed by atoms with van der Waals surface area (Å²) >= 11 is 0. The molecule has 0 bridgehead atoms. The molecule has 1 aliphatic heterocycles. The van der Waals surface area contributed by atoms with Gasteiger partial charge in [0.1, 0.15) is 17.6 Å². The molecule has 0 saturated carbocycles. The highest BCUT2D eigenvalue weighted by molar-refractivity contribution is 6.03. The first-order valence-corrected chi connectivity index (χ1v) is 9.03. The van der Waals surface area contributed by atoms with Gasteiger partial charge in [0.2, 0.25) is 0 Å². The summed E-state index contributed by atoms with van der Waals surface area (Å²) < 4.78 is 15.7. The second kappa shape index (κ2) is 9.03. The number of nitrogens with zero attached hydrogens (tertiary/aromatic N) is 2. The summed E-state index contributed by atoms with van der Waals surface area (Å²) in [5.74, 6) is 0.397. The molecule has 0 aliphatic carbocycles. The van der Waals surface area contributed by atoms with E-state index in [1.54, 1.807) is 31.6 Å². The second-order valence-corrected chi connectivity index (χ2v) is 6.17. The van der Waals surface area contributed by atoms with Crippen LogP contribution in [-0.4, -0.2) is 36.3 Å². The molecule has 7 nitrogen and oxygen atoms in total. The van der Waals surface area contributed by atoms with E-state index in [1.165, 1.54) is 11.1 Å². The van der Waals surface area contributed by atoms with Crippen molar-refractivity contribution in [1.29, 1.82) is 0 Å². The van der Waals surface area contributed by atoms with E-state index in [0.29, 0.717) is 18.6 Å². The molecule has 1 aromatic heterocycles. The molecule has 1 aromatic carbocycles. The van der Waals surface area contributed by atoms with Crippen LogP contribution in [0.4, 0.5) is 0 Å². The summed E-state index contributed by atoms with van der Waals surface area (Å²) in [6, 6.07) is 10.6. The number of allylic oxidation sites excluding steroid dienone is 1. The Kier molecular flexibility index (Phi) is 6.26. The summed E-state index contributed by atoms with van der Waals surface area (Å²) in [6.07, 6.45) is 5.75. The Morgan fingerprint density at radius 2 is 2.07 bits per heavy atom. The largest absolute Gasteiger partial charge is 0.497 e. The molecule has 1 amide bonds. The number of carbonyl (C=O) groups is 2. The maximum Gasteiger partial charge on any atom is 0.330 e. The number of hydrogen-bond donors (Lipinski definition) is 0. The number of carbonyl (C=O) groups excluding carboxylic acids is 2. The minimum atomic E-state index is -0.552. The van der Waals surface area contributed by atoms with Crippen LogP contribution in [0.3, 0.4) is 0 Å². The highest BCUT2D eigenvalue weighted by Gasteiger charge is 2.35. The summed E-state index contributed by atoms with van der Waals surface area (Å²) in [5.41, 5.74) is 1.63. The number of furan rings is 1. The summed E-state index contributed by atoms with van der Waals surface area (Å²) in [7, 11) is 1.60. The molecular formula is C21H22N2O5. The van der Waals surface area contributed by atoms with Crippen LogP contribution in [0.1, 0.15) is 37.1 Å². The highest BCUT2D eigenvalue weighted by Crippen LogP contribution is 2.33. The van der Waals surface area contributed by atoms with Gasteiger partial charge >= 0.3 is 5.97 Å². The first-order chi connectivity index (χ1) is 13.6. The van der Waals surface area contributed by atoms with E-state index in [0.717, 1.165) is 17.0 Å². The summed E-state index contributed by atoms with van der Waals surface area (Å²) in [5, 5.41) is 5.81. The maximum absolute atomic E-state index is 12.7. The average Bonchev–Trinajstić information content (AvgIpc) is 3.40. The lowest BCUT2D eigenvalue weighted by Crippen LogP contribution is -2.31. The number of benzene rings is 1. The topological polar surface area (TPSA) is 81.3 Å². The predicted octanol–water partition coefficient (Wildman–Crippen LogP) is 3.48. The number of methoxy groups -OCH3 is 1. The zero-order chi connectivity index (χ0) is 19.9. The van der Waals surface area contributed by atoms with Crippen molar-refractivity contribution in [2.24, 2.45) is 5.10 Å². The van der Waals surface area contributed by atoms with Crippen LogP contribution >= 0.6 is 0 Å². The molecular weight excluding hydrogens is 360 g/mol. The van der Waals surface area contributed by atoms with Crippen molar-refractivity contribution in [2.75, 3.05) is 13.7 Å². The van der Waals surface area contributed by atoms with Gasteiger partial charge < -0.3 is 13.9 Å². The third kappa shape index (κ3) is 4.49. The van der Waals surface area contributed by atoms with Crippen molar-refractivity contribution >= 4 is 17.6 Å². The monoisotopic (exact) mass is 382 g/mol. The SMILES string of the molecule is CC/C=C/C(=O)OCC(=O)N1N=C(c2ccc(OC)cc2)C[C@H]1c1ccco1. The van der Waals surface area contributed by atoms with Gasteiger partial charge in [-0.2, -0.15) is 5.10 Å². The van der Waals surface area contributed by atoms with Gasteiger partial charge in [0.05, 0.1) is 19.1 Å². The molecule has 2 heterocycles. The molecule has 146 valence electrons. The van der Waals surface area contributed by atoms with Crippen LogP contribution in [0.25, 0.3) is 0 Å². The molecule has 0 spiro atoms. The Bertz CT molecular complexity index is 869. The minimum Gasteiger partial charge on any atom is -0.497 e. The van der Waals surface area contributed by atoms with Crippen molar-refractivity contribution in [3.8, 4) is 5.75 Å². The maximum atomic E-state index is 12.7. The van der Waals surface area contributed by atoms with E-state index < -0.39 is 11.9 Å². The number of ether oxygens (including phenoxy) is 2. The molecule has 1 aliphatic rings. The number of esters is 1. The fourth-order valence-corrected chi connectivity index (χ4v) is 2.86. The van der Waals surface area contributed by atoms with Gasteiger partial charge in [-0.05, 0) is 48.4 Å².